The molecule has 0 spiro atoms. The third-order valence-corrected chi connectivity index (χ3v) is 2.68. The van der Waals surface area contributed by atoms with Crippen LogP contribution in [0.15, 0.2) is 18.2 Å². The molecule has 1 aromatic rings. The maximum atomic E-state index is 12.7. The first-order chi connectivity index (χ1) is 6.86. The van der Waals surface area contributed by atoms with Crippen LogP contribution in [0.25, 0.3) is 0 Å². The van der Waals surface area contributed by atoms with E-state index in [-0.39, 0.29) is 5.56 Å². The lowest BCUT2D eigenvalue weighted by Gasteiger charge is -2.08. The Labute approximate surface area is 99.6 Å². The molecule has 0 N–H and O–H groups in total. The molecule has 0 saturated heterocycles. The molecule has 0 radical (unpaired) electrons. The molecule has 0 aliphatic rings. The fourth-order valence-electron chi connectivity index (χ4n) is 1.15. The maximum Gasteiger partial charge on any atom is 0.363 e. The first-order valence-electron chi connectivity index (χ1n) is 4.26. The zero-order valence-corrected chi connectivity index (χ0v) is 10.2. The van der Waals surface area contributed by atoms with Crippen LogP contribution in [-0.4, -0.2) is 10.6 Å². The van der Waals surface area contributed by atoms with Crippen LogP contribution in [0.4, 0.5) is 8.78 Å². The highest BCUT2D eigenvalue weighted by atomic mass is 79.9. The SMILES string of the molecule is CCc1cc(C(=O)C(F)(F)Br)ccc1Cl. The Morgan fingerprint density at radius 2 is 2.13 bits per heavy atom. The van der Waals surface area contributed by atoms with Crippen molar-refractivity contribution in [3.8, 4) is 0 Å². The van der Waals surface area contributed by atoms with Crippen LogP contribution in [0.3, 0.4) is 0 Å². The minimum Gasteiger partial charge on any atom is -0.286 e. The van der Waals surface area contributed by atoms with E-state index in [2.05, 4.69) is 0 Å². The van der Waals surface area contributed by atoms with Crippen molar-refractivity contribution in [3.05, 3.63) is 34.3 Å². The van der Waals surface area contributed by atoms with Gasteiger partial charge < -0.3 is 0 Å². The fraction of sp³-hybridized carbons (Fsp3) is 0.300. The summed E-state index contributed by atoms with van der Waals surface area (Å²) in [5, 5.41) is 0.479. The number of carbonyl (C=O) groups excluding carboxylic acids is 1. The average Bonchev–Trinajstić information content (AvgIpc) is 2.16. The molecule has 0 unspecified atom stereocenters. The number of aryl methyl sites for hydroxylation is 1. The number of hydrogen-bond donors (Lipinski definition) is 0. The molecule has 15 heavy (non-hydrogen) atoms. The first-order valence-corrected chi connectivity index (χ1v) is 5.43. The first kappa shape index (κ1) is 12.6. The van der Waals surface area contributed by atoms with Crippen LogP contribution in [-0.2, 0) is 6.42 Å². The molecule has 1 aromatic carbocycles. The van der Waals surface area contributed by atoms with Gasteiger partial charge in [0.2, 0.25) is 5.78 Å². The van der Waals surface area contributed by atoms with Crippen molar-refractivity contribution in [1.29, 1.82) is 0 Å². The van der Waals surface area contributed by atoms with Crippen molar-refractivity contribution < 1.29 is 13.6 Å². The Bertz CT molecular complexity index is 387. The average molecular weight is 298 g/mol. The van der Waals surface area contributed by atoms with Crippen molar-refractivity contribution in [2.75, 3.05) is 0 Å². The molecule has 0 saturated carbocycles. The Balaban J connectivity index is 3.12. The highest BCUT2D eigenvalue weighted by Gasteiger charge is 2.35. The lowest BCUT2D eigenvalue weighted by atomic mass is 10.1. The van der Waals surface area contributed by atoms with Gasteiger partial charge in [0.1, 0.15) is 0 Å². The molecular weight excluding hydrogens is 289 g/mol. The Hall–Kier alpha value is -0.480. The summed E-state index contributed by atoms with van der Waals surface area (Å²) >= 11 is 7.83. The van der Waals surface area contributed by atoms with Crippen LogP contribution < -0.4 is 0 Å². The van der Waals surface area contributed by atoms with Gasteiger partial charge in [0.15, 0.2) is 0 Å². The van der Waals surface area contributed by atoms with Gasteiger partial charge in [-0.1, -0.05) is 18.5 Å². The summed E-state index contributed by atoms with van der Waals surface area (Å²) < 4.78 is 25.3. The monoisotopic (exact) mass is 296 g/mol. The predicted molar refractivity (Wildman–Crippen MR) is 59.0 cm³/mol. The number of Topliss-reactive ketones (excluding diaryl/α,β-unsaturated/α-hetero) is 1. The maximum absolute atomic E-state index is 12.7. The van der Waals surface area contributed by atoms with E-state index in [0.717, 1.165) is 0 Å². The van der Waals surface area contributed by atoms with Gasteiger partial charge in [-0.2, -0.15) is 8.78 Å². The third kappa shape index (κ3) is 2.98. The van der Waals surface area contributed by atoms with E-state index in [0.29, 0.717) is 17.0 Å². The summed E-state index contributed by atoms with van der Waals surface area (Å²) in [6, 6.07) is 4.13. The van der Waals surface area contributed by atoms with Crippen molar-refractivity contribution in [1.82, 2.24) is 0 Å². The lowest BCUT2D eigenvalue weighted by Crippen LogP contribution is -2.20. The van der Waals surface area contributed by atoms with Crippen molar-refractivity contribution in [2.24, 2.45) is 0 Å². The van der Waals surface area contributed by atoms with Crippen LogP contribution in [0, 0.1) is 0 Å². The molecule has 0 fully saturated rings. The van der Waals surface area contributed by atoms with Gasteiger partial charge in [-0.05, 0) is 46.1 Å². The van der Waals surface area contributed by atoms with Gasteiger partial charge in [-0.15, -0.1) is 0 Å². The molecule has 1 nitrogen and oxygen atoms in total. The molecule has 0 bridgehead atoms. The number of hydrogen-bond acceptors (Lipinski definition) is 1. The second-order valence-electron chi connectivity index (χ2n) is 2.99. The van der Waals surface area contributed by atoms with Gasteiger partial charge in [-0.25, -0.2) is 0 Å². The number of alkyl halides is 3. The number of rotatable bonds is 3. The normalized spacial score (nSPS) is 11.5. The third-order valence-electron chi connectivity index (χ3n) is 1.95. The van der Waals surface area contributed by atoms with E-state index >= 15 is 0 Å². The fourth-order valence-corrected chi connectivity index (χ4v) is 1.63. The molecular formula is C10H8BrClF2O. The number of carbonyl (C=O) groups is 1. The van der Waals surface area contributed by atoms with Crippen LogP contribution in [0.5, 0.6) is 0 Å². The second kappa shape index (κ2) is 4.58. The summed E-state index contributed by atoms with van der Waals surface area (Å²) in [5.41, 5.74) is 0.636. The summed E-state index contributed by atoms with van der Waals surface area (Å²) in [5.74, 6) is -1.26. The van der Waals surface area contributed by atoms with Gasteiger partial charge in [0.25, 0.3) is 0 Å². The Kier molecular flexibility index (Phi) is 3.84. The molecule has 0 atom stereocenters. The van der Waals surface area contributed by atoms with Crippen LogP contribution >= 0.6 is 27.5 Å². The zero-order chi connectivity index (χ0) is 11.6. The summed E-state index contributed by atoms with van der Waals surface area (Å²) in [6.45, 7) is 1.84. The van der Waals surface area contributed by atoms with Crippen LogP contribution in [0.2, 0.25) is 5.02 Å². The summed E-state index contributed by atoms with van der Waals surface area (Å²) in [7, 11) is 0. The second-order valence-corrected chi connectivity index (χ2v) is 4.39. The van der Waals surface area contributed by atoms with E-state index in [9.17, 15) is 13.6 Å². The van der Waals surface area contributed by atoms with Gasteiger partial charge in [0, 0.05) is 10.6 Å². The Morgan fingerprint density at radius 1 is 1.53 bits per heavy atom. The largest absolute Gasteiger partial charge is 0.363 e. The summed E-state index contributed by atoms with van der Waals surface area (Å²) in [4.78, 5) is 7.68. The van der Waals surface area contributed by atoms with E-state index in [1.165, 1.54) is 18.2 Å². The molecule has 0 amide bonds. The predicted octanol–water partition coefficient (Wildman–Crippen LogP) is 4.07. The van der Waals surface area contributed by atoms with E-state index in [1.807, 2.05) is 22.9 Å². The number of benzene rings is 1. The van der Waals surface area contributed by atoms with Gasteiger partial charge in [-0.3, -0.25) is 4.79 Å². The quantitative estimate of drug-likeness (QED) is 0.607. The minimum atomic E-state index is -3.52. The lowest BCUT2D eigenvalue weighted by molar-refractivity contribution is 0.0592. The van der Waals surface area contributed by atoms with E-state index in [4.69, 9.17) is 11.6 Å². The molecule has 0 aromatic heterocycles. The van der Waals surface area contributed by atoms with Crippen molar-refractivity contribution >= 4 is 33.3 Å². The van der Waals surface area contributed by atoms with Crippen molar-refractivity contribution in [2.45, 2.75) is 18.2 Å². The highest BCUT2D eigenvalue weighted by Crippen LogP contribution is 2.28. The Morgan fingerprint density at radius 3 is 2.60 bits per heavy atom. The van der Waals surface area contributed by atoms with Gasteiger partial charge >= 0.3 is 4.83 Å². The standard InChI is InChI=1S/C10H8BrClF2O/c1-2-6-5-7(3-4-8(6)12)9(15)10(11,13)14/h3-5H,2H2,1H3. The van der Waals surface area contributed by atoms with E-state index in [1.54, 1.807) is 0 Å². The molecule has 0 aliphatic heterocycles. The van der Waals surface area contributed by atoms with Crippen molar-refractivity contribution in [3.63, 3.8) is 0 Å². The molecule has 0 aliphatic carbocycles. The molecule has 5 heteroatoms. The highest BCUT2D eigenvalue weighted by molar-refractivity contribution is 9.10. The van der Waals surface area contributed by atoms with Gasteiger partial charge in [0.05, 0.1) is 0 Å². The van der Waals surface area contributed by atoms with E-state index < -0.39 is 10.6 Å². The topological polar surface area (TPSA) is 17.1 Å². The summed E-state index contributed by atoms with van der Waals surface area (Å²) in [6.07, 6.45) is 0.591. The molecule has 1 rings (SSSR count). The molecule has 82 valence electrons. The number of ketones is 1. The number of halogens is 4. The zero-order valence-electron chi connectivity index (χ0n) is 7.86. The minimum absolute atomic E-state index is 0.0434. The van der Waals surface area contributed by atoms with Crippen LogP contribution in [0.1, 0.15) is 22.8 Å². The smallest absolute Gasteiger partial charge is 0.286 e. The molecule has 0 heterocycles.